The number of aromatic nitrogens is 3. The van der Waals surface area contributed by atoms with E-state index < -0.39 is 41.7 Å². The van der Waals surface area contributed by atoms with Crippen LogP contribution in [0.15, 0.2) is 54.7 Å². The first kappa shape index (κ1) is 28.5. The molecule has 3 atom stereocenters. The standard InChI is InChI=1S/C31H26F5N5O2/c32-18-8-15(9-19(33)13-18)10-24(28-21(2-1-7-38-28)16-4-6-23(34)22(11-16)31(37)43)39-26(42)14-41-25-12-17-3-5-20(17)27(25)29(40-41)30(35)36/h1-2,4,6-9,11,13,17,20,24,30H,3,5,10,12,14H2,(H2,37,43)(H,39,42)/t17-,20-,24+/m1/s1. The number of benzene rings is 2. The molecule has 0 unspecified atom stereocenters. The first-order valence-corrected chi connectivity index (χ1v) is 13.8. The lowest BCUT2D eigenvalue weighted by molar-refractivity contribution is -0.122. The number of halogens is 5. The largest absolute Gasteiger partial charge is 0.366 e. The number of hydrogen-bond acceptors (Lipinski definition) is 4. The number of fused-ring (bicyclic) bond motifs is 3. The lowest BCUT2D eigenvalue weighted by Gasteiger charge is -2.30. The van der Waals surface area contributed by atoms with Crippen molar-refractivity contribution < 1.29 is 31.5 Å². The van der Waals surface area contributed by atoms with Crippen LogP contribution in [0, 0.1) is 23.4 Å². The van der Waals surface area contributed by atoms with E-state index in [0.717, 1.165) is 37.1 Å². The van der Waals surface area contributed by atoms with Gasteiger partial charge in [-0.3, -0.25) is 19.3 Å². The van der Waals surface area contributed by atoms with Crippen molar-refractivity contribution in [3.05, 3.63) is 106 Å². The molecular formula is C31H26F5N5O2. The molecule has 4 aromatic rings. The molecule has 0 spiro atoms. The summed E-state index contributed by atoms with van der Waals surface area (Å²) in [6.07, 6.45) is 0.890. The Morgan fingerprint density at radius 3 is 2.47 bits per heavy atom. The highest BCUT2D eigenvalue weighted by Crippen LogP contribution is 2.53. The number of alkyl halides is 2. The van der Waals surface area contributed by atoms with Gasteiger partial charge in [-0.1, -0.05) is 12.1 Å². The fourth-order valence-corrected chi connectivity index (χ4v) is 6.26. The van der Waals surface area contributed by atoms with Gasteiger partial charge in [-0.2, -0.15) is 5.10 Å². The van der Waals surface area contributed by atoms with Crippen molar-refractivity contribution in [2.75, 3.05) is 0 Å². The van der Waals surface area contributed by atoms with Gasteiger partial charge in [0.05, 0.1) is 17.3 Å². The molecule has 2 aromatic heterocycles. The van der Waals surface area contributed by atoms with Gasteiger partial charge in [0.1, 0.15) is 29.7 Å². The molecule has 2 aromatic carbocycles. The summed E-state index contributed by atoms with van der Waals surface area (Å²) >= 11 is 0. The molecular weight excluding hydrogens is 569 g/mol. The van der Waals surface area contributed by atoms with Crippen LogP contribution >= 0.6 is 0 Å². The summed E-state index contributed by atoms with van der Waals surface area (Å²) in [6, 6.07) is 8.98. The molecule has 1 fully saturated rings. The van der Waals surface area contributed by atoms with E-state index in [-0.39, 0.29) is 47.3 Å². The Morgan fingerprint density at radius 2 is 1.79 bits per heavy atom. The van der Waals surface area contributed by atoms with Gasteiger partial charge in [0, 0.05) is 29.1 Å². The molecule has 2 amide bonds. The zero-order valence-electron chi connectivity index (χ0n) is 22.7. The number of carbonyl (C=O) groups is 2. The van der Waals surface area contributed by atoms with Gasteiger partial charge in [0.2, 0.25) is 5.91 Å². The average molecular weight is 596 g/mol. The maximum absolute atomic E-state index is 14.2. The average Bonchev–Trinajstić information content (AvgIpc) is 3.40. The highest BCUT2D eigenvalue weighted by atomic mass is 19.3. The topological polar surface area (TPSA) is 103 Å². The molecule has 12 heteroatoms. The van der Waals surface area contributed by atoms with Crippen LogP contribution in [0.2, 0.25) is 0 Å². The predicted octanol–water partition coefficient (Wildman–Crippen LogP) is 5.55. The zero-order valence-corrected chi connectivity index (χ0v) is 22.7. The first-order valence-electron chi connectivity index (χ1n) is 13.8. The zero-order chi connectivity index (χ0) is 30.4. The lowest BCUT2D eigenvalue weighted by atomic mass is 9.74. The molecule has 2 aliphatic carbocycles. The van der Waals surface area contributed by atoms with Crippen LogP contribution < -0.4 is 11.1 Å². The van der Waals surface area contributed by atoms with Crippen molar-refractivity contribution in [1.82, 2.24) is 20.1 Å². The van der Waals surface area contributed by atoms with Crippen LogP contribution in [-0.2, 0) is 24.2 Å². The van der Waals surface area contributed by atoms with Crippen molar-refractivity contribution in [3.63, 3.8) is 0 Å². The Balaban J connectivity index is 1.35. The number of rotatable bonds is 9. The quantitative estimate of drug-likeness (QED) is 0.248. The van der Waals surface area contributed by atoms with Gasteiger partial charge in [0.25, 0.3) is 12.3 Å². The van der Waals surface area contributed by atoms with E-state index in [2.05, 4.69) is 15.4 Å². The Kier molecular flexibility index (Phi) is 7.45. The molecule has 222 valence electrons. The van der Waals surface area contributed by atoms with Crippen molar-refractivity contribution >= 4 is 11.8 Å². The number of carbonyl (C=O) groups excluding carboxylic acids is 2. The molecule has 0 radical (unpaired) electrons. The maximum atomic E-state index is 14.2. The number of pyridine rings is 1. The minimum Gasteiger partial charge on any atom is -0.366 e. The van der Waals surface area contributed by atoms with Crippen LogP contribution in [0.25, 0.3) is 11.1 Å². The first-order chi connectivity index (χ1) is 20.6. The smallest absolute Gasteiger partial charge is 0.282 e. The third-order valence-electron chi connectivity index (χ3n) is 8.28. The van der Waals surface area contributed by atoms with Crippen molar-refractivity contribution in [2.45, 2.75) is 50.6 Å². The summed E-state index contributed by atoms with van der Waals surface area (Å²) < 4.78 is 71.5. The van der Waals surface area contributed by atoms with Gasteiger partial charge < -0.3 is 11.1 Å². The van der Waals surface area contributed by atoms with Gasteiger partial charge in [-0.15, -0.1) is 0 Å². The monoisotopic (exact) mass is 595 g/mol. The van der Waals surface area contributed by atoms with Gasteiger partial charge in [0.15, 0.2) is 0 Å². The summed E-state index contributed by atoms with van der Waals surface area (Å²) in [7, 11) is 0. The van der Waals surface area contributed by atoms with Gasteiger partial charge in [-0.25, -0.2) is 22.0 Å². The van der Waals surface area contributed by atoms with Crippen LogP contribution in [0.1, 0.15) is 69.8 Å². The number of nitrogens with zero attached hydrogens (tertiary/aromatic N) is 3. The molecule has 0 bridgehead atoms. The minimum absolute atomic E-state index is 0.0310. The Morgan fingerprint density at radius 1 is 1.02 bits per heavy atom. The van der Waals surface area contributed by atoms with E-state index in [4.69, 9.17) is 5.73 Å². The molecule has 3 N–H and O–H groups in total. The second-order valence-corrected chi connectivity index (χ2v) is 10.9. The molecule has 0 aliphatic heterocycles. The summed E-state index contributed by atoms with van der Waals surface area (Å²) in [5.74, 6) is -3.70. The molecule has 2 heterocycles. The van der Waals surface area contributed by atoms with Crippen LogP contribution in [0.3, 0.4) is 0 Å². The second kappa shape index (κ2) is 11.2. The lowest BCUT2D eigenvalue weighted by Crippen LogP contribution is -2.34. The summed E-state index contributed by atoms with van der Waals surface area (Å²) in [5, 5.41) is 6.92. The molecule has 0 saturated heterocycles. The Hall–Kier alpha value is -4.61. The van der Waals surface area contributed by atoms with E-state index in [1.165, 1.54) is 23.0 Å². The van der Waals surface area contributed by atoms with Crippen molar-refractivity contribution in [1.29, 1.82) is 0 Å². The summed E-state index contributed by atoms with van der Waals surface area (Å²) in [4.78, 5) is 29.7. The van der Waals surface area contributed by atoms with Crippen LogP contribution in [0.4, 0.5) is 22.0 Å². The molecule has 6 rings (SSSR count). The third-order valence-corrected chi connectivity index (χ3v) is 8.28. The molecule has 1 saturated carbocycles. The Labute approximate surface area is 242 Å². The highest BCUT2D eigenvalue weighted by Gasteiger charge is 2.45. The Bertz CT molecular complexity index is 1720. The summed E-state index contributed by atoms with van der Waals surface area (Å²) in [5.41, 5.74) is 7.11. The number of nitrogens with one attached hydrogen (secondary N) is 1. The third kappa shape index (κ3) is 5.49. The molecule has 2 aliphatic rings. The molecule has 43 heavy (non-hydrogen) atoms. The normalized spacial score (nSPS) is 17.7. The van der Waals surface area contributed by atoms with Gasteiger partial charge >= 0.3 is 0 Å². The molecule has 7 nitrogen and oxygen atoms in total. The van der Waals surface area contributed by atoms with Gasteiger partial charge in [-0.05, 0) is 79.0 Å². The number of nitrogens with two attached hydrogens (primary N) is 1. The van der Waals surface area contributed by atoms with E-state index in [0.29, 0.717) is 28.8 Å². The number of amides is 2. The maximum Gasteiger partial charge on any atom is 0.282 e. The second-order valence-electron chi connectivity index (χ2n) is 10.9. The van der Waals surface area contributed by atoms with E-state index in [1.54, 1.807) is 12.1 Å². The van der Waals surface area contributed by atoms with E-state index >= 15 is 0 Å². The fraction of sp³-hybridized carbons (Fsp3) is 0.290. The fourth-order valence-electron chi connectivity index (χ4n) is 6.26. The summed E-state index contributed by atoms with van der Waals surface area (Å²) in [6.45, 7) is -0.354. The van der Waals surface area contributed by atoms with Crippen molar-refractivity contribution in [3.8, 4) is 11.1 Å². The number of hydrogen-bond donors (Lipinski definition) is 2. The SMILES string of the molecule is NC(=O)c1cc(-c2cccnc2[C@H](Cc2cc(F)cc(F)c2)NC(=O)Cn2nc(C(F)F)c3c2C[C@H]2CC[C@@H]32)ccc1F. The van der Waals surface area contributed by atoms with E-state index in [1.807, 2.05) is 0 Å². The van der Waals surface area contributed by atoms with Crippen molar-refractivity contribution in [2.24, 2.45) is 11.7 Å². The minimum atomic E-state index is -2.77. The number of primary amides is 1. The van der Waals surface area contributed by atoms with Crippen LogP contribution in [-0.4, -0.2) is 26.6 Å². The van der Waals surface area contributed by atoms with Crippen LogP contribution in [0.5, 0.6) is 0 Å². The highest BCUT2D eigenvalue weighted by molar-refractivity contribution is 5.94. The predicted molar refractivity (Wildman–Crippen MR) is 145 cm³/mol. The van der Waals surface area contributed by atoms with E-state index in [9.17, 15) is 31.5 Å².